The van der Waals surface area contributed by atoms with Gasteiger partial charge in [-0.25, -0.2) is 0 Å². The molecule has 1 amide bonds. The van der Waals surface area contributed by atoms with Crippen LogP contribution in [0.15, 0.2) is 53.3 Å². The third-order valence-corrected chi connectivity index (χ3v) is 4.61. The molecule has 3 rings (SSSR count). The number of rotatable bonds is 2. The maximum Gasteiger partial charge on any atom is 0.265 e. The predicted octanol–water partition coefficient (Wildman–Crippen LogP) is 3.78. The van der Waals surface area contributed by atoms with E-state index in [2.05, 4.69) is 0 Å². The fourth-order valence-corrected chi connectivity index (χ4v) is 3.24. The zero-order chi connectivity index (χ0) is 17.4. The van der Waals surface area contributed by atoms with E-state index in [9.17, 15) is 9.59 Å². The minimum atomic E-state index is -0.419. The highest BCUT2D eigenvalue weighted by Crippen LogP contribution is 2.29. The van der Waals surface area contributed by atoms with Crippen LogP contribution in [-0.4, -0.2) is 17.5 Å². The van der Waals surface area contributed by atoms with Crippen molar-refractivity contribution in [3.05, 3.63) is 75.0 Å². The average molecular weight is 341 g/mol. The monoisotopic (exact) mass is 340 g/mol. The second-order valence-electron chi connectivity index (χ2n) is 5.72. The normalized spacial score (nSPS) is 10.8. The van der Waals surface area contributed by atoms with Crippen LogP contribution in [0, 0.1) is 6.92 Å². The van der Waals surface area contributed by atoms with E-state index >= 15 is 0 Å². The molecule has 122 valence electrons. The van der Waals surface area contributed by atoms with Gasteiger partial charge in [0.05, 0.1) is 10.5 Å². The summed E-state index contributed by atoms with van der Waals surface area (Å²) in [7, 11) is 3.29. The van der Waals surface area contributed by atoms with Crippen LogP contribution in [0.1, 0.15) is 15.9 Å². The second-order valence-corrected chi connectivity index (χ2v) is 6.10. The first-order valence-electron chi connectivity index (χ1n) is 7.54. The summed E-state index contributed by atoms with van der Waals surface area (Å²) in [6, 6.07) is 14.8. The van der Waals surface area contributed by atoms with Crippen LogP contribution in [0.3, 0.4) is 0 Å². The van der Waals surface area contributed by atoms with E-state index in [0.717, 1.165) is 10.9 Å². The molecule has 0 saturated carbocycles. The minimum absolute atomic E-state index is 0.00711. The van der Waals surface area contributed by atoms with Crippen molar-refractivity contribution in [2.45, 2.75) is 6.92 Å². The number of carbonyl (C=O) groups is 1. The SMILES string of the molecule is Cc1cccc2c1c(Cl)c(C(=O)N(C)c1ccccc1)c(=O)n2C. The summed E-state index contributed by atoms with van der Waals surface area (Å²) < 4.78 is 1.47. The highest BCUT2D eigenvalue weighted by atomic mass is 35.5. The third kappa shape index (κ3) is 2.49. The number of benzene rings is 2. The Morgan fingerprint density at radius 1 is 1.08 bits per heavy atom. The summed E-state index contributed by atoms with van der Waals surface area (Å²) in [5.74, 6) is -0.419. The van der Waals surface area contributed by atoms with Crippen molar-refractivity contribution in [3.8, 4) is 0 Å². The molecule has 5 heteroatoms. The molecule has 0 fully saturated rings. The first-order chi connectivity index (χ1) is 11.4. The van der Waals surface area contributed by atoms with Crippen LogP contribution in [-0.2, 0) is 7.05 Å². The molecule has 3 aromatic rings. The molecule has 0 radical (unpaired) electrons. The zero-order valence-electron chi connectivity index (χ0n) is 13.7. The van der Waals surface area contributed by atoms with Crippen LogP contribution in [0.4, 0.5) is 5.69 Å². The summed E-state index contributed by atoms with van der Waals surface area (Å²) in [6.45, 7) is 1.91. The number of anilines is 1. The second kappa shape index (κ2) is 6.13. The van der Waals surface area contributed by atoms with Crippen molar-refractivity contribution >= 4 is 34.1 Å². The molecule has 0 N–H and O–H groups in total. The first kappa shape index (κ1) is 16.3. The number of aryl methyl sites for hydroxylation is 2. The predicted molar refractivity (Wildman–Crippen MR) is 98.1 cm³/mol. The van der Waals surface area contributed by atoms with Gasteiger partial charge in [0.1, 0.15) is 5.56 Å². The number of para-hydroxylation sites is 1. The molecule has 0 aliphatic rings. The minimum Gasteiger partial charge on any atom is -0.311 e. The number of fused-ring (bicyclic) bond motifs is 1. The van der Waals surface area contributed by atoms with Crippen molar-refractivity contribution in [2.24, 2.45) is 7.05 Å². The molecule has 4 nitrogen and oxygen atoms in total. The largest absolute Gasteiger partial charge is 0.311 e. The van der Waals surface area contributed by atoms with E-state index in [1.54, 1.807) is 14.1 Å². The molecule has 1 aromatic heterocycles. The number of hydrogen-bond acceptors (Lipinski definition) is 2. The molecule has 2 aromatic carbocycles. The topological polar surface area (TPSA) is 42.3 Å². The van der Waals surface area contributed by atoms with Crippen molar-refractivity contribution in [1.82, 2.24) is 4.57 Å². The molecule has 0 aliphatic heterocycles. The smallest absolute Gasteiger partial charge is 0.265 e. The van der Waals surface area contributed by atoms with E-state index in [1.165, 1.54) is 9.47 Å². The molecule has 1 heterocycles. The maximum absolute atomic E-state index is 12.9. The van der Waals surface area contributed by atoms with Crippen LogP contribution in [0.25, 0.3) is 10.9 Å². The fourth-order valence-electron chi connectivity index (χ4n) is 2.84. The average Bonchev–Trinajstić information content (AvgIpc) is 2.59. The summed E-state index contributed by atoms with van der Waals surface area (Å²) >= 11 is 6.49. The van der Waals surface area contributed by atoms with E-state index in [0.29, 0.717) is 11.2 Å². The number of aromatic nitrogens is 1. The molecular formula is C19H17ClN2O2. The van der Waals surface area contributed by atoms with Crippen LogP contribution in [0.2, 0.25) is 5.02 Å². The van der Waals surface area contributed by atoms with Gasteiger partial charge in [-0.15, -0.1) is 0 Å². The van der Waals surface area contributed by atoms with Crippen molar-refractivity contribution in [2.75, 3.05) is 11.9 Å². The molecule has 0 aliphatic carbocycles. The Balaban J connectivity index is 2.25. The molecule has 24 heavy (non-hydrogen) atoms. The van der Waals surface area contributed by atoms with Crippen LogP contribution in [0.5, 0.6) is 0 Å². The van der Waals surface area contributed by atoms with E-state index in [1.807, 2.05) is 55.5 Å². The molecule has 0 bridgehead atoms. The highest BCUT2D eigenvalue weighted by Gasteiger charge is 2.24. The summed E-state index contributed by atoms with van der Waals surface area (Å²) in [5, 5.41) is 0.935. The summed E-state index contributed by atoms with van der Waals surface area (Å²) in [6.07, 6.45) is 0. The quantitative estimate of drug-likeness (QED) is 0.712. The number of halogens is 1. The van der Waals surface area contributed by atoms with E-state index < -0.39 is 11.5 Å². The molecular weight excluding hydrogens is 324 g/mol. The van der Waals surface area contributed by atoms with Gasteiger partial charge in [-0.05, 0) is 30.7 Å². The Labute approximate surface area is 144 Å². The van der Waals surface area contributed by atoms with Gasteiger partial charge in [0, 0.05) is 25.2 Å². The standard InChI is InChI=1S/C19H17ClN2O2/c1-12-8-7-11-14-15(12)17(20)16(19(24)22(14)3)18(23)21(2)13-9-5-4-6-10-13/h4-11H,1-3H3. The van der Waals surface area contributed by atoms with Gasteiger partial charge in [-0.1, -0.05) is 41.9 Å². The molecule has 0 atom stereocenters. The first-order valence-corrected chi connectivity index (χ1v) is 7.92. The van der Waals surface area contributed by atoms with Crippen molar-refractivity contribution in [1.29, 1.82) is 0 Å². The molecule has 0 spiro atoms. The number of amides is 1. The van der Waals surface area contributed by atoms with E-state index in [4.69, 9.17) is 11.6 Å². The van der Waals surface area contributed by atoms with Gasteiger partial charge in [0.15, 0.2) is 0 Å². The van der Waals surface area contributed by atoms with E-state index in [-0.39, 0.29) is 10.6 Å². The molecule has 0 saturated heterocycles. The number of hydrogen-bond donors (Lipinski definition) is 0. The van der Waals surface area contributed by atoms with Crippen LogP contribution >= 0.6 is 11.6 Å². The lowest BCUT2D eigenvalue weighted by Gasteiger charge is -2.19. The lowest BCUT2D eigenvalue weighted by molar-refractivity contribution is 0.0991. The van der Waals surface area contributed by atoms with Gasteiger partial charge in [0.2, 0.25) is 0 Å². The van der Waals surface area contributed by atoms with Gasteiger partial charge < -0.3 is 9.47 Å². The number of carbonyl (C=O) groups excluding carboxylic acids is 1. The molecule has 0 unspecified atom stereocenters. The van der Waals surface area contributed by atoms with Gasteiger partial charge in [0.25, 0.3) is 11.5 Å². The maximum atomic E-state index is 12.9. The Bertz CT molecular complexity index is 994. The van der Waals surface area contributed by atoms with Gasteiger partial charge in [-0.2, -0.15) is 0 Å². The van der Waals surface area contributed by atoms with Gasteiger partial charge >= 0.3 is 0 Å². The number of nitrogens with zero attached hydrogens (tertiary/aromatic N) is 2. The van der Waals surface area contributed by atoms with Crippen molar-refractivity contribution in [3.63, 3.8) is 0 Å². The van der Waals surface area contributed by atoms with Crippen LogP contribution < -0.4 is 10.5 Å². The fraction of sp³-hybridized carbons (Fsp3) is 0.158. The lowest BCUT2D eigenvalue weighted by atomic mass is 10.1. The lowest BCUT2D eigenvalue weighted by Crippen LogP contribution is -2.34. The third-order valence-electron chi connectivity index (χ3n) is 4.23. The summed E-state index contributed by atoms with van der Waals surface area (Å²) in [5.41, 5.74) is 1.93. The Kier molecular flexibility index (Phi) is 4.16. The Morgan fingerprint density at radius 2 is 1.75 bits per heavy atom. The highest BCUT2D eigenvalue weighted by molar-refractivity contribution is 6.39. The zero-order valence-corrected chi connectivity index (χ0v) is 14.5. The Morgan fingerprint density at radius 3 is 2.42 bits per heavy atom. The number of pyridine rings is 1. The van der Waals surface area contributed by atoms with Crippen molar-refractivity contribution < 1.29 is 4.79 Å². The van der Waals surface area contributed by atoms with Gasteiger partial charge in [-0.3, -0.25) is 9.59 Å². The Hall–Kier alpha value is -2.59. The summed E-state index contributed by atoms with van der Waals surface area (Å²) in [4.78, 5) is 27.1.